The fraction of sp³-hybridized carbons (Fsp3) is 0.125. The first-order valence-corrected chi connectivity index (χ1v) is 10.1. The van der Waals surface area contributed by atoms with Gasteiger partial charge in [-0.15, -0.1) is 0 Å². The monoisotopic (exact) mass is 447 g/mol. The molecule has 0 bridgehead atoms. The van der Waals surface area contributed by atoms with Gasteiger partial charge < -0.3 is 11.1 Å². The summed E-state index contributed by atoms with van der Waals surface area (Å²) in [4.78, 5) is 21.2. The normalized spacial score (nSPS) is 11.4. The summed E-state index contributed by atoms with van der Waals surface area (Å²) in [5, 5.41) is 3.41. The largest absolute Gasteiger partial charge is 0.416 e. The van der Waals surface area contributed by atoms with Crippen LogP contribution in [0.3, 0.4) is 0 Å². The van der Waals surface area contributed by atoms with E-state index in [2.05, 4.69) is 15.3 Å². The molecule has 3 aromatic carbocycles. The van der Waals surface area contributed by atoms with Crippen molar-refractivity contribution in [3.63, 3.8) is 0 Å². The number of nitrogens with zero attached hydrogens (tertiary/aromatic N) is 2. The van der Waals surface area contributed by atoms with E-state index < -0.39 is 17.6 Å². The van der Waals surface area contributed by atoms with E-state index in [1.165, 1.54) is 6.07 Å². The fourth-order valence-electron chi connectivity index (χ4n) is 3.58. The van der Waals surface area contributed by atoms with E-state index in [9.17, 15) is 18.0 Å². The molecule has 4 aromatic rings. The second-order valence-corrected chi connectivity index (χ2v) is 7.57. The first-order chi connectivity index (χ1) is 15.7. The number of aryl methyl sites for hydroxylation is 1. The Balaban J connectivity index is 1.68. The fourth-order valence-corrected chi connectivity index (χ4v) is 3.58. The minimum Gasteiger partial charge on any atom is -0.368 e. The summed E-state index contributed by atoms with van der Waals surface area (Å²) in [5.74, 6) is -0.320. The zero-order valence-electron chi connectivity index (χ0n) is 17.9. The van der Waals surface area contributed by atoms with Gasteiger partial charge in [0.05, 0.1) is 11.1 Å². The average Bonchev–Trinajstić information content (AvgIpc) is 2.78. The predicted molar refractivity (Wildman–Crippen MR) is 125 cm³/mol. The maximum atomic E-state index is 13.1. The van der Waals surface area contributed by atoms with Gasteiger partial charge in [-0.2, -0.15) is 13.2 Å². The number of carbonyl (C=O) groups is 1. The highest BCUT2D eigenvalue weighted by atomic mass is 19.4. The lowest BCUT2D eigenvalue weighted by Gasteiger charge is -2.15. The van der Waals surface area contributed by atoms with Crippen LogP contribution in [0.5, 0.6) is 0 Å². The number of hydrogen-bond donors (Lipinski definition) is 2. The number of fused-ring (bicyclic) bond motifs is 1. The van der Waals surface area contributed by atoms with Gasteiger partial charge in [0.15, 0.2) is 7.28 Å². The summed E-state index contributed by atoms with van der Waals surface area (Å²) >= 11 is 0. The van der Waals surface area contributed by atoms with Gasteiger partial charge in [-0.1, -0.05) is 36.6 Å². The number of alkyl halides is 3. The molecular weight excluding hydrogens is 428 g/mol. The summed E-state index contributed by atoms with van der Waals surface area (Å²) in [5.41, 5.74) is 9.03. The highest BCUT2D eigenvalue weighted by Gasteiger charge is 2.31. The minimum atomic E-state index is -4.51. The molecule has 165 valence electrons. The predicted octanol–water partition coefficient (Wildman–Crippen LogP) is 4.84. The van der Waals surface area contributed by atoms with Crippen molar-refractivity contribution in [3.8, 4) is 11.1 Å². The van der Waals surface area contributed by atoms with Gasteiger partial charge in [-0.05, 0) is 53.9 Å². The first kappa shape index (κ1) is 22.3. The van der Waals surface area contributed by atoms with Gasteiger partial charge in [-0.25, -0.2) is 9.97 Å². The number of carbonyl (C=O) groups excluding carboxylic acids is 1. The molecule has 9 heteroatoms. The molecule has 0 aliphatic rings. The Morgan fingerprint density at radius 1 is 1.06 bits per heavy atom. The topological polar surface area (TPSA) is 80.9 Å². The van der Waals surface area contributed by atoms with E-state index >= 15 is 0 Å². The molecular formula is C24H19BF3N4O. The average molecular weight is 447 g/mol. The minimum absolute atomic E-state index is 0.0971. The molecule has 0 saturated carbocycles. The van der Waals surface area contributed by atoms with Gasteiger partial charge in [0.1, 0.15) is 0 Å². The molecule has 33 heavy (non-hydrogen) atoms. The molecule has 3 N–H and O–H groups in total. The summed E-state index contributed by atoms with van der Waals surface area (Å²) < 4.78 is 39.4. The summed E-state index contributed by atoms with van der Waals surface area (Å²) in [6.45, 7) is 3.61. The molecule has 0 fully saturated rings. The Kier molecular flexibility index (Phi) is 5.80. The van der Waals surface area contributed by atoms with Crippen LogP contribution in [0.25, 0.3) is 22.0 Å². The Hall–Kier alpha value is -3.88. The highest BCUT2D eigenvalue weighted by molar-refractivity contribution is 6.54. The maximum Gasteiger partial charge on any atom is 0.416 e. The summed E-state index contributed by atoms with van der Waals surface area (Å²) in [6, 6.07) is 14.0. The van der Waals surface area contributed by atoms with Crippen molar-refractivity contribution in [3.05, 3.63) is 77.5 Å². The van der Waals surface area contributed by atoms with Crippen LogP contribution in [0.2, 0.25) is 6.82 Å². The lowest BCUT2D eigenvalue weighted by molar-refractivity contribution is -0.137. The molecule has 5 nitrogen and oxygen atoms in total. The van der Waals surface area contributed by atoms with Gasteiger partial charge in [0, 0.05) is 22.8 Å². The lowest BCUT2D eigenvalue weighted by Crippen LogP contribution is -2.23. The molecule has 1 amide bonds. The van der Waals surface area contributed by atoms with Gasteiger partial charge in [-0.3, -0.25) is 4.79 Å². The Morgan fingerprint density at radius 3 is 2.58 bits per heavy atom. The SMILES string of the molecule is C[B]c1ccc(C(F)(F)F)cc1NC(=O)c1ccc(C)c(-c2ccc3nc(N)ncc3c2)c1. The van der Waals surface area contributed by atoms with Crippen molar-refractivity contribution in [1.29, 1.82) is 0 Å². The third kappa shape index (κ3) is 4.67. The van der Waals surface area contributed by atoms with Gasteiger partial charge in [0.25, 0.3) is 5.91 Å². The van der Waals surface area contributed by atoms with Crippen molar-refractivity contribution >= 4 is 41.2 Å². The molecule has 0 unspecified atom stereocenters. The van der Waals surface area contributed by atoms with Crippen molar-refractivity contribution < 1.29 is 18.0 Å². The second-order valence-electron chi connectivity index (χ2n) is 7.57. The lowest BCUT2D eigenvalue weighted by atomic mass is 9.72. The number of rotatable bonds is 4. The quantitative estimate of drug-likeness (QED) is 0.439. The second kappa shape index (κ2) is 8.57. The number of benzene rings is 3. The molecule has 0 spiro atoms. The van der Waals surface area contributed by atoms with Crippen molar-refractivity contribution in [2.45, 2.75) is 19.9 Å². The molecule has 0 atom stereocenters. The number of nitrogens with one attached hydrogen (secondary N) is 1. The summed E-state index contributed by atoms with van der Waals surface area (Å²) in [6.07, 6.45) is -2.88. The molecule has 1 radical (unpaired) electrons. The number of nitrogens with two attached hydrogens (primary N) is 1. The van der Waals surface area contributed by atoms with E-state index in [1.54, 1.807) is 38.5 Å². The van der Waals surface area contributed by atoms with Crippen LogP contribution in [0.15, 0.2) is 60.8 Å². The van der Waals surface area contributed by atoms with Gasteiger partial charge in [0.2, 0.25) is 5.95 Å². The van der Waals surface area contributed by atoms with Crippen LogP contribution < -0.4 is 16.5 Å². The van der Waals surface area contributed by atoms with E-state index in [1.807, 2.05) is 25.1 Å². The standard InChI is InChI=1S/C24H19BF3N4O/c1-13-3-4-15(10-18(13)14-5-8-20-16(9-14)12-30-23(29)32-20)22(33)31-21-11-17(24(26,27)28)6-7-19(21)25-2/h3-12H,1-2H3,(H,31,33)(H2,29,30,32). The van der Waals surface area contributed by atoms with E-state index in [4.69, 9.17) is 5.73 Å². The van der Waals surface area contributed by atoms with Crippen LogP contribution in [-0.2, 0) is 6.18 Å². The Bertz CT molecular complexity index is 1370. The number of amides is 1. The van der Waals surface area contributed by atoms with E-state index in [0.29, 0.717) is 16.5 Å². The van der Waals surface area contributed by atoms with Crippen molar-refractivity contribution in [2.24, 2.45) is 0 Å². The van der Waals surface area contributed by atoms with Crippen molar-refractivity contribution in [2.75, 3.05) is 11.1 Å². The molecule has 0 aliphatic carbocycles. The molecule has 4 rings (SSSR count). The van der Waals surface area contributed by atoms with Crippen LogP contribution in [-0.4, -0.2) is 23.2 Å². The number of aromatic nitrogens is 2. The molecule has 1 aromatic heterocycles. The number of halogens is 3. The smallest absolute Gasteiger partial charge is 0.368 e. The zero-order chi connectivity index (χ0) is 23.8. The number of anilines is 2. The Labute approximate surface area is 189 Å². The third-order valence-corrected chi connectivity index (χ3v) is 5.35. The first-order valence-electron chi connectivity index (χ1n) is 10.1. The third-order valence-electron chi connectivity index (χ3n) is 5.35. The van der Waals surface area contributed by atoms with E-state index in [-0.39, 0.29) is 11.6 Å². The van der Waals surface area contributed by atoms with Gasteiger partial charge >= 0.3 is 6.18 Å². The van der Waals surface area contributed by atoms with Crippen molar-refractivity contribution in [1.82, 2.24) is 9.97 Å². The molecule has 0 saturated heterocycles. The Morgan fingerprint density at radius 2 is 1.85 bits per heavy atom. The van der Waals surface area contributed by atoms with Crippen LogP contribution >= 0.6 is 0 Å². The highest BCUT2D eigenvalue weighted by Crippen LogP contribution is 2.31. The maximum absolute atomic E-state index is 13.1. The zero-order valence-corrected chi connectivity index (χ0v) is 17.9. The number of nitrogen functional groups attached to an aromatic ring is 1. The number of hydrogen-bond acceptors (Lipinski definition) is 4. The van der Waals surface area contributed by atoms with E-state index in [0.717, 1.165) is 34.2 Å². The molecule has 1 heterocycles. The van der Waals surface area contributed by atoms with Crippen LogP contribution in [0, 0.1) is 6.92 Å². The van der Waals surface area contributed by atoms with Crippen LogP contribution in [0.1, 0.15) is 21.5 Å². The van der Waals surface area contributed by atoms with Crippen LogP contribution in [0.4, 0.5) is 24.8 Å². The summed E-state index contributed by atoms with van der Waals surface area (Å²) in [7, 11) is 1.64. The molecule has 0 aliphatic heterocycles.